The van der Waals surface area contributed by atoms with Gasteiger partial charge in [-0.15, -0.1) is 11.3 Å². The lowest BCUT2D eigenvalue weighted by Gasteiger charge is -2.14. The van der Waals surface area contributed by atoms with Crippen molar-refractivity contribution < 1.29 is 13.6 Å². The van der Waals surface area contributed by atoms with Gasteiger partial charge in [0.05, 0.1) is 11.5 Å². The smallest absolute Gasteiger partial charge is 0.177 e. The molecule has 0 aliphatic carbocycles. The molecule has 0 aliphatic rings. The highest BCUT2D eigenvalue weighted by Gasteiger charge is 2.27. The maximum atomic E-state index is 13.7. The van der Waals surface area contributed by atoms with Gasteiger partial charge in [-0.05, 0) is 30.0 Å². The molecular weight excluding hydrogens is 266 g/mol. The van der Waals surface area contributed by atoms with Gasteiger partial charge in [0.1, 0.15) is 11.6 Å². The summed E-state index contributed by atoms with van der Waals surface area (Å²) in [7, 11) is 0. The second-order valence-electron chi connectivity index (χ2n) is 4.32. The zero-order valence-corrected chi connectivity index (χ0v) is 11.3. The van der Waals surface area contributed by atoms with Gasteiger partial charge in [0.25, 0.3) is 0 Å². The molecule has 0 radical (unpaired) electrons. The number of ketones is 1. The fourth-order valence-corrected chi connectivity index (χ4v) is 2.95. The summed E-state index contributed by atoms with van der Waals surface area (Å²) in [6.45, 7) is 1.95. The van der Waals surface area contributed by atoms with Gasteiger partial charge in [-0.1, -0.05) is 25.5 Å². The van der Waals surface area contributed by atoms with Crippen LogP contribution in [0.5, 0.6) is 0 Å². The van der Waals surface area contributed by atoms with Crippen molar-refractivity contribution in [3.05, 3.63) is 57.8 Å². The Labute approximate surface area is 114 Å². The maximum absolute atomic E-state index is 13.7. The van der Waals surface area contributed by atoms with Crippen molar-refractivity contribution in [3.8, 4) is 0 Å². The first-order valence-corrected chi connectivity index (χ1v) is 7.04. The van der Waals surface area contributed by atoms with E-state index < -0.39 is 28.9 Å². The molecule has 1 unspecified atom stereocenters. The molecule has 2 aromatic rings. The molecule has 0 bridgehead atoms. The van der Waals surface area contributed by atoms with Crippen molar-refractivity contribution in [2.45, 2.75) is 25.7 Å². The first-order chi connectivity index (χ1) is 9.15. The molecule has 0 N–H and O–H groups in total. The van der Waals surface area contributed by atoms with Crippen molar-refractivity contribution in [1.82, 2.24) is 0 Å². The summed E-state index contributed by atoms with van der Waals surface area (Å²) in [6.07, 6.45) is 1.37. The lowest BCUT2D eigenvalue weighted by Crippen LogP contribution is -2.15. The summed E-state index contributed by atoms with van der Waals surface area (Å²) >= 11 is 1.44. The summed E-state index contributed by atoms with van der Waals surface area (Å²) < 4.78 is 27.4. The molecule has 1 atom stereocenters. The van der Waals surface area contributed by atoms with E-state index in [0.717, 1.165) is 23.4 Å². The Hall–Kier alpha value is -1.55. The summed E-state index contributed by atoms with van der Waals surface area (Å²) in [6, 6.07) is 7.18. The number of Topliss-reactive ketones (excluding diaryl/α,β-unsaturated/α-hetero) is 1. The molecule has 1 aromatic heterocycles. The van der Waals surface area contributed by atoms with Gasteiger partial charge in [0, 0.05) is 4.88 Å². The van der Waals surface area contributed by atoms with Gasteiger partial charge in [0.2, 0.25) is 0 Å². The summed E-state index contributed by atoms with van der Waals surface area (Å²) in [5, 5.41) is 1.86. The molecule has 1 nitrogen and oxygen atoms in total. The Kier molecular flexibility index (Phi) is 4.43. The van der Waals surface area contributed by atoms with E-state index in [4.69, 9.17) is 0 Å². The Bertz CT molecular complexity index is 543. The van der Waals surface area contributed by atoms with E-state index in [9.17, 15) is 13.6 Å². The number of hydrogen-bond acceptors (Lipinski definition) is 2. The number of benzene rings is 1. The van der Waals surface area contributed by atoms with Gasteiger partial charge in [-0.25, -0.2) is 8.78 Å². The molecule has 0 aliphatic heterocycles. The van der Waals surface area contributed by atoms with Gasteiger partial charge >= 0.3 is 0 Å². The van der Waals surface area contributed by atoms with Crippen molar-refractivity contribution in [2.75, 3.05) is 0 Å². The van der Waals surface area contributed by atoms with Crippen LogP contribution in [0.1, 0.15) is 40.9 Å². The number of carbonyl (C=O) groups excluding carboxylic acids is 1. The summed E-state index contributed by atoms with van der Waals surface area (Å²) in [4.78, 5) is 13.3. The Morgan fingerprint density at radius 3 is 2.42 bits per heavy atom. The van der Waals surface area contributed by atoms with E-state index in [0.29, 0.717) is 6.42 Å². The third-order valence-corrected chi connectivity index (χ3v) is 3.98. The molecule has 0 fully saturated rings. The number of rotatable bonds is 5. The van der Waals surface area contributed by atoms with E-state index >= 15 is 0 Å². The highest BCUT2D eigenvalue weighted by molar-refractivity contribution is 7.10. The lowest BCUT2D eigenvalue weighted by molar-refractivity contribution is 0.0947. The van der Waals surface area contributed by atoms with E-state index in [1.807, 2.05) is 24.4 Å². The third kappa shape index (κ3) is 2.89. The molecule has 100 valence electrons. The molecule has 0 spiro atoms. The molecule has 0 saturated carbocycles. The van der Waals surface area contributed by atoms with Crippen LogP contribution in [0.4, 0.5) is 8.78 Å². The minimum Gasteiger partial charge on any atom is -0.293 e. The number of carbonyl (C=O) groups is 1. The normalized spacial score (nSPS) is 12.4. The van der Waals surface area contributed by atoms with Crippen LogP contribution in [0.25, 0.3) is 0 Å². The number of thiophene rings is 1. The number of hydrogen-bond donors (Lipinski definition) is 0. The van der Waals surface area contributed by atoms with Gasteiger partial charge < -0.3 is 0 Å². The predicted octanol–water partition coefficient (Wildman–Crippen LogP) is 4.79. The fourth-order valence-electron chi connectivity index (χ4n) is 2.09. The summed E-state index contributed by atoms with van der Waals surface area (Å²) in [5.41, 5.74) is -0.422. The third-order valence-electron chi connectivity index (χ3n) is 2.99. The van der Waals surface area contributed by atoms with Crippen LogP contribution >= 0.6 is 11.3 Å². The van der Waals surface area contributed by atoms with E-state index in [1.165, 1.54) is 17.4 Å². The summed E-state index contributed by atoms with van der Waals surface area (Å²) in [5.74, 6) is -2.51. The zero-order valence-electron chi connectivity index (χ0n) is 10.5. The minimum absolute atomic E-state index is 0.422. The Morgan fingerprint density at radius 2 is 1.89 bits per heavy atom. The molecule has 0 amide bonds. The highest BCUT2D eigenvalue weighted by atomic mass is 32.1. The first-order valence-electron chi connectivity index (χ1n) is 6.16. The molecular formula is C15H14F2OS. The molecule has 19 heavy (non-hydrogen) atoms. The van der Waals surface area contributed by atoms with Crippen LogP contribution in [0.2, 0.25) is 0 Å². The van der Waals surface area contributed by atoms with E-state index in [-0.39, 0.29) is 0 Å². The topological polar surface area (TPSA) is 17.1 Å². The van der Waals surface area contributed by atoms with Crippen LogP contribution < -0.4 is 0 Å². The van der Waals surface area contributed by atoms with Crippen LogP contribution in [-0.2, 0) is 0 Å². The maximum Gasteiger partial charge on any atom is 0.177 e. The van der Waals surface area contributed by atoms with E-state index in [2.05, 4.69) is 0 Å². The van der Waals surface area contributed by atoms with E-state index in [1.54, 1.807) is 0 Å². The van der Waals surface area contributed by atoms with Crippen molar-refractivity contribution >= 4 is 17.1 Å². The van der Waals surface area contributed by atoms with Crippen molar-refractivity contribution in [2.24, 2.45) is 0 Å². The van der Waals surface area contributed by atoms with Crippen LogP contribution in [-0.4, -0.2) is 5.78 Å². The average molecular weight is 280 g/mol. The predicted molar refractivity (Wildman–Crippen MR) is 72.7 cm³/mol. The molecule has 2 rings (SSSR count). The Morgan fingerprint density at radius 1 is 1.21 bits per heavy atom. The number of halogens is 2. The quantitative estimate of drug-likeness (QED) is 0.719. The average Bonchev–Trinajstić information content (AvgIpc) is 2.89. The monoisotopic (exact) mass is 280 g/mol. The van der Waals surface area contributed by atoms with Gasteiger partial charge in [-0.3, -0.25) is 4.79 Å². The molecule has 1 aromatic carbocycles. The second-order valence-corrected chi connectivity index (χ2v) is 5.30. The highest BCUT2D eigenvalue weighted by Crippen LogP contribution is 2.30. The van der Waals surface area contributed by atoms with Gasteiger partial charge in [-0.2, -0.15) is 0 Å². The first kappa shape index (κ1) is 13.9. The van der Waals surface area contributed by atoms with Crippen molar-refractivity contribution in [3.63, 3.8) is 0 Å². The SMILES string of the molecule is CCCC(C(=O)c1c(F)cccc1F)c1cccs1. The van der Waals surface area contributed by atoms with Crippen LogP contribution in [0.15, 0.2) is 35.7 Å². The van der Waals surface area contributed by atoms with Crippen LogP contribution in [0.3, 0.4) is 0 Å². The molecule has 1 heterocycles. The standard InChI is InChI=1S/C15H14F2OS/c1-2-5-10(13-8-4-9-19-13)15(18)14-11(16)6-3-7-12(14)17/h3-4,6-10H,2,5H2,1H3. The fraction of sp³-hybridized carbons (Fsp3) is 0.267. The second kappa shape index (κ2) is 6.06. The van der Waals surface area contributed by atoms with Gasteiger partial charge in [0.15, 0.2) is 5.78 Å². The zero-order chi connectivity index (χ0) is 13.8. The molecule has 4 heteroatoms. The Balaban J connectivity index is 2.40. The van der Waals surface area contributed by atoms with Crippen LogP contribution in [0, 0.1) is 11.6 Å². The lowest BCUT2D eigenvalue weighted by atomic mass is 9.91. The minimum atomic E-state index is -0.789. The largest absolute Gasteiger partial charge is 0.293 e. The molecule has 0 saturated heterocycles. The van der Waals surface area contributed by atoms with Crippen molar-refractivity contribution in [1.29, 1.82) is 0 Å².